The van der Waals surface area contributed by atoms with E-state index in [9.17, 15) is 0 Å². The predicted octanol–water partition coefficient (Wildman–Crippen LogP) is 2.46. The van der Waals surface area contributed by atoms with Crippen LogP contribution in [0.3, 0.4) is 0 Å². The molecule has 0 amide bonds. The molecule has 1 aromatic rings. The van der Waals surface area contributed by atoms with Crippen molar-refractivity contribution in [2.45, 2.75) is 57.2 Å². The van der Waals surface area contributed by atoms with Crippen molar-refractivity contribution in [3.05, 3.63) is 23.8 Å². The molecule has 3 aliphatic heterocycles. The summed E-state index contributed by atoms with van der Waals surface area (Å²) in [5.74, 6) is 0. The van der Waals surface area contributed by atoms with Gasteiger partial charge in [0.05, 0.1) is 11.2 Å². The summed E-state index contributed by atoms with van der Waals surface area (Å²) < 4.78 is 17.9. The quantitative estimate of drug-likeness (QED) is 0.808. The lowest BCUT2D eigenvalue weighted by Crippen LogP contribution is -2.41. The van der Waals surface area contributed by atoms with Crippen molar-refractivity contribution < 1.29 is 14.0 Å². The van der Waals surface area contributed by atoms with Gasteiger partial charge in [0.1, 0.15) is 0 Å². The molecule has 1 aromatic carbocycles. The summed E-state index contributed by atoms with van der Waals surface area (Å²) in [5, 5.41) is 3.60. The lowest BCUT2D eigenvalue weighted by atomic mass is 9.73. The summed E-state index contributed by atoms with van der Waals surface area (Å²) in [6.07, 6.45) is 2.20. The fraction of sp³-hybridized carbons (Fsp3) is 0.667. The molecule has 2 fully saturated rings. The first-order valence-corrected chi connectivity index (χ1v) is 8.65. The van der Waals surface area contributed by atoms with Gasteiger partial charge in [-0.3, -0.25) is 0 Å². The highest BCUT2D eigenvalue weighted by molar-refractivity contribution is 6.62. The summed E-state index contributed by atoms with van der Waals surface area (Å²) in [7, 11) is -0.293. The van der Waals surface area contributed by atoms with Crippen molar-refractivity contribution in [3.8, 4) is 0 Å². The average molecular weight is 315 g/mol. The van der Waals surface area contributed by atoms with Crippen LogP contribution in [0.25, 0.3) is 0 Å². The van der Waals surface area contributed by atoms with Gasteiger partial charge in [0.15, 0.2) is 0 Å². The zero-order chi connectivity index (χ0) is 16.3. The van der Waals surface area contributed by atoms with Gasteiger partial charge in [-0.1, -0.05) is 12.1 Å². The minimum Gasteiger partial charge on any atom is -0.399 e. The third kappa shape index (κ3) is 2.32. The lowest BCUT2D eigenvalue weighted by Gasteiger charge is -2.33. The van der Waals surface area contributed by atoms with E-state index in [2.05, 4.69) is 51.2 Å². The van der Waals surface area contributed by atoms with E-state index in [1.807, 2.05) is 0 Å². The van der Waals surface area contributed by atoms with E-state index in [-0.39, 0.29) is 23.7 Å². The number of nitrogens with one attached hydrogen (secondary N) is 1. The first-order valence-electron chi connectivity index (χ1n) is 8.65. The molecule has 0 saturated carbocycles. The Balaban J connectivity index is 1.62. The minimum absolute atomic E-state index is 0.252. The number of fused-ring (bicyclic) bond motifs is 2. The Bertz CT molecular complexity index is 607. The molecule has 4 rings (SSSR count). The molecular weight excluding hydrogens is 289 g/mol. The van der Waals surface area contributed by atoms with E-state index in [0.29, 0.717) is 0 Å². The number of benzene rings is 1. The lowest BCUT2D eigenvalue weighted by molar-refractivity contribution is 0.00578. The summed E-state index contributed by atoms with van der Waals surface area (Å²) in [5.41, 5.74) is 3.42. The van der Waals surface area contributed by atoms with Gasteiger partial charge in [0.2, 0.25) is 0 Å². The average Bonchev–Trinajstić information content (AvgIpc) is 2.95. The van der Waals surface area contributed by atoms with Crippen LogP contribution in [0.2, 0.25) is 0 Å². The molecule has 0 unspecified atom stereocenters. The van der Waals surface area contributed by atoms with E-state index >= 15 is 0 Å². The van der Waals surface area contributed by atoms with Gasteiger partial charge in [0.25, 0.3) is 0 Å². The highest BCUT2D eigenvalue weighted by atomic mass is 16.7. The largest absolute Gasteiger partial charge is 0.494 e. The third-order valence-electron chi connectivity index (χ3n) is 6.21. The molecule has 0 aromatic heterocycles. The zero-order valence-electron chi connectivity index (χ0n) is 14.6. The summed E-state index contributed by atoms with van der Waals surface area (Å²) >= 11 is 0. The summed E-state index contributed by atoms with van der Waals surface area (Å²) in [6, 6.07) is 6.65. The van der Waals surface area contributed by atoms with Crippen LogP contribution in [0.15, 0.2) is 18.2 Å². The fourth-order valence-corrected chi connectivity index (χ4v) is 3.86. The Morgan fingerprint density at radius 2 is 1.65 bits per heavy atom. The van der Waals surface area contributed by atoms with Crippen LogP contribution in [-0.4, -0.2) is 38.1 Å². The molecule has 5 heteroatoms. The molecule has 0 atom stereocenters. The SMILES string of the molecule is CC1(C)OB(c2ccc3c(c2)NCC32CCOCC2)OC1(C)C. The highest BCUT2D eigenvalue weighted by Gasteiger charge is 2.52. The van der Waals surface area contributed by atoms with Crippen molar-refractivity contribution >= 4 is 18.3 Å². The number of hydrogen-bond donors (Lipinski definition) is 1. The van der Waals surface area contributed by atoms with Crippen molar-refractivity contribution in [2.75, 3.05) is 25.1 Å². The van der Waals surface area contributed by atoms with Crippen molar-refractivity contribution in [1.29, 1.82) is 0 Å². The molecule has 2 saturated heterocycles. The van der Waals surface area contributed by atoms with Crippen LogP contribution < -0.4 is 10.8 Å². The summed E-state index contributed by atoms with van der Waals surface area (Å²) in [4.78, 5) is 0. The van der Waals surface area contributed by atoms with Gasteiger partial charge in [-0.15, -0.1) is 0 Å². The van der Waals surface area contributed by atoms with Gasteiger partial charge in [0, 0.05) is 30.9 Å². The maximum atomic E-state index is 6.18. The maximum absolute atomic E-state index is 6.18. The first kappa shape index (κ1) is 15.5. The monoisotopic (exact) mass is 315 g/mol. The predicted molar refractivity (Wildman–Crippen MR) is 92.4 cm³/mol. The van der Waals surface area contributed by atoms with E-state index in [0.717, 1.165) is 38.1 Å². The molecule has 23 heavy (non-hydrogen) atoms. The third-order valence-corrected chi connectivity index (χ3v) is 6.21. The fourth-order valence-electron chi connectivity index (χ4n) is 3.86. The van der Waals surface area contributed by atoms with Crippen molar-refractivity contribution in [3.63, 3.8) is 0 Å². The van der Waals surface area contributed by atoms with E-state index in [1.54, 1.807) is 0 Å². The highest BCUT2D eigenvalue weighted by Crippen LogP contribution is 2.43. The molecule has 0 aliphatic carbocycles. The van der Waals surface area contributed by atoms with Crippen LogP contribution >= 0.6 is 0 Å². The summed E-state index contributed by atoms with van der Waals surface area (Å²) in [6.45, 7) is 11.1. The standard InChI is InChI=1S/C18H26BNO3/c1-16(2)17(3,4)23-19(22-16)13-5-6-14-15(11-13)20-12-18(14)7-9-21-10-8-18/h5-6,11,20H,7-10,12H2,1-4H3. The Labute approximate surface area is 139 Å². The first-order chi connectivity index (χ1) is 10.8. The molecule has 0 bridgehead atoms. The molecule has 1 N–H and O–H groups in total. The van der Waals surface area contributed by atoms with Gasteiger partial charge in [-0.2, -0.15) is 0 Å². The van der Waals surface area contributed by atoms with Gasteiger partial charge in [-0.05, 0) is 57.6 Å². The van der Waals surface area contributed by atoms with Crippen LogP contribution in [0.5, 0.6) is 0 Å². The van der Waals surface area contributed by atoms with E-state index in [4.69, 9.17) is 14.0 Å². The van der Waals surface area contributed by atoms with Crippen LogP contribution in [-0.2, 0) is 19.5 Å². The minimum atomic E-state index is -0.300. The Hall–Kier alpha value is -1.04. The van der Waals surface area contributed by atoms with E-state index < -0.39 is 0 Å². The Morgan fingerprint density at radius 1 is 1.00 bits per heavy atom. The van der Waals surface area contributed by atoms with Gasteiger partial charge in [-0.25, -0.2) is 0 Å². The second-order valence-electron chi connectivity index (χ2n) is 8.14. The topological polar surface area (TPSA) is 39.7 Å². The maximum Gasteiger partial charge on any atom is 0.494 e. The Morgan fingerprint density at radius 3 is 2.30 bits per heavy atom. The van der Waals surface area contributed by atoms with Crippen LogP contribution in [0, 0.1) is 0 Å². The molecule has 0 radical (unpaired) electrons. The Kier molecular flexibility index (Phi) is 3.35. The van der Waals surface area contributed by atoms with Gasteiger partial charge < -0.3 is 19.4 Å². The molecule has 3 heterocycles. The van der Waals surface area contributed by atoms with Crippen LogP contribution in [0.4, 0.5) is 5.69 Å². The smallest absolute Gasteiger partial charge is 0.399 e. The molecule has 124 valence electrons. The van der Waals surface area contributed by atoms with Crippen LogP contribution in [0.1, 0.15) is 46.1 Å². The zero-order valence-corrected chi connectivity index (χ0v) is 14.6. The number of anilines is 1. The van der Waals surface area contributed by atoms with Crippen molar-refractivity contribution in [1.82, 2.24) is 0 Å². The second kappa shape index (κ2) is 4.98. The van der Waals surface area contributed by atoms with Gasteiger partial charge >= 0.3 is 7.12 Å². The van der Waals surface area contributed by atoms with E-state index in [1.165, 1.54) is 11.3 Å². The molecular formula is C18H26BNO3. The van der Waals surface area contributed by atoms with Crippen molar-refractivity contribution in [2.24, 2.45) is 0 Å². The number of rotatable bonds is 1. The second-order valence-corrected chi connectivity index (χ2v) is 8.14. The normalized spacial score (nSPS) is 27.0. The molecule has 3 aliphatic rings. The molecule has 1 spiro atoms. The number of hydrogen-bond acceptors (Lipinski definition) is 4. The molecule has 4 nitrogen and oxygen atoms in total. The number of ether oxygens (including phenoxy) is 1.